The predicted octanol–water partition coefficient (Wildman–Crippen LogP) is 0.580. The lowest BCUT2D eigenvalue weighted by molar-refractivity contribution is -0.123. The highest BCUT2D eigenvalue weighted by Crippen LogP contribution is 2.27. The van der Waals surface area contributed by atoms with Gasteiger partial charge in [-0.2, -0.15) is 11.8 Å². The highest BCUT2D eigenvalue weighted by atomic mass is 127. The molecule has 152 valence electrons. The van der Waals surface area contributed by atoms with Crippen molar-refractivity contribution in [2.24, 2.45) is 4.99 Å². The second-order valence-corrected chi connectivity index (χ2v) is 8.29. The van der Waals surface area contributed by atoms with Crippen LogP contribution in [0.2, 0.25) is 0 Å². The van der Waals surface area contributed by atoms with Crippen molar-refractivity contribution < 1.29 is 9.90 Å². The summed E-state index contributed by atoms with van der Waals surface area (Å²) in [6, 6.07) is 0.181. The van der Waals surface area contributed by atoms with Crippen molar-refractivity contribution in [3.05, 3.63) is 0 Å². The molecule has 0 radical (unpaired) electrons. The number of carbonyl (C=O) groups is 1. The van der Waals surface area contributed by atoms with Crippen molar-refractivity contribution in [3.8, 4) is 0 Å². The number of carbonyl (C=O) groups excluding carboxylic acids is 1. The van der Waals surface area contributed by atoms with Crippen LogP contribution in [0.5, 0.6) is 0 Å². The molecule has 0 spiro atoms. The number of amides is 1. The van der Waals surface area contributed by atoms with E-state index in [-0.39, 0.29) is 35.9 Å². The van der Waals surface area contributed by atoms with Crippen molar-refractivity contribution in [1.29, 1.82) is 0 Å². The van der Waals surface area contributed by atoms with E-state index >= 15 is 0 Å². The molecule has 3 N–H and O–H groups in total. The highest BCUT2D eigenvalue weighted by molar-refractivity contribution is 14.0. The smallest absolute Gasteiger partial charge is 0.234 e. The summed E-state index contributed by atoms with van der Waals surface area (Å²) in [7, 11) is 0. The lowest BCUT2D eigenvalue weighted by Crippen LogP contribution is -2.54. The van der Waals surface area contributed by atoms with Crippen LogP contribution in [0, 0.1) is 0 Å². The Labute approximate surface area is 178 Å². The number of halogens is 1. The monoisotopic (exact) mass is 499 g/mol. The number of hydrogen-bond donors (Lipinski definition) is 3. The second kappa shape index (κ2) is 11.6. The fourth-order valence-corrected chi connectivity index (χ4v) is 4.34. The Morgan fingerprint density at radius 2 is 2.00 bits per heavy atom. The first-order valence-corrected chi connectivity index (χ1v) is 10.4. The van der Waals surface area contributed by atoms with Crippen molar-refractivity contribution in [2.75, 3.05) is 57.3 Å². The second-order valence-electron chi connectivity index (χ2n) is 7.18. The van der Waals surface area contributed by atoms with E-state index in [1.165, 1.54) is 0 Å². The van der Waals surface area contributed by atoms with E-state index in [4.69, 9.17) is 0 Å². The minimum atomic E-state index is -0.651. The molecule has 0 aromatic rings. The van der Waals surface area contributed by atoms with Crippen molar-refractivity contribution >= 4 is 47.6 Å². The molecule has 0 aromatic carbocycles. The fraction of sp³-hybridized carbons (Fsp3) is 0.882. The van der Waals surface area contributed by atoms with Gasteiger partial charge in [-0.05, 0) is 32.9 Å². The summed E-state index contributed by atoms with van der Waals surface area (Å²) in [6.07, 6.45) is 0.819. The molecule has 26 heavy (non-hydrogen) atoms. The Hall–Kier alpha value is -0.260. The number of thioether (sulfide) groups is 1. The molecule has 0 saturated carbocycles. The Kier molecular flexibility index (Phi) is 10.6. The number of aliphatic hydroxyl groups is 1. The number of nitrogens with zero attached hydrogens (tertiary/aromatic N) is 3. The summed E-state index contributed by atoms with van der Waals surface area (Å²) in [4.78, 5) is 21.0. The SMILES string of the molecule is CCNC(=NCC1(O)CCSC1)N1CCN(CC(=O)NC(C)C)CC1.I. The van der Waals surface area contributed by atoms with E-state index in [2.05, 4.69) is 32.3 Å². The molecule has 7 nitrogen and oxygen atoms in total. The molecule has 1 amide bonds. The molecule has 2 aliphatic heterocycles. The van der Waals surface area contributed by atoms with Gasteiger partial charge >= 0.3 is 0 Å². The van der Waals surface area contributed by atoms with Crippen molar-refractivity contribution in [2.45, 2.75) is 38.8 Å². The van der Waals surface area contributed by atoms with Gasteiger partial charge in [0.2, 0.25) is 5.91 Å². The van der Waals surface area contributed by atoms with Crippen LogP contribution in [-0.2, 0) is 4.79 Å². The predicted molar refractivity (Wildman–Crippen MR) is 120 cm³/mol. The minimum Gasteiger partial charge on any atom is -0.387 e. The molecule has 2 fully saturated rings. The molecule has 2 rings (SSSR count). The molecule has 1 unspecified atom stereocenters. The topological polar surface area (TPSA) is 80.2 Å². The number of nitrogens with one attached hydrogen (secondary N) is 2. The van der Waals surface area contributed by atoms with Gasteiger partial charge in [-0.3, -0.25) is 14.7 Å². The molecule has 2 saturated heterocycles. The van der Waals surface area contributed by atoms with Gasteiger partial charge in [-0.25, -0.2) is 0 Å². The first-order chi connectivity index (χ1) is 11.9. The molecule has 2 heterocycles. The Bertz CT molecular complexity index is 464. The molecule has 1 atom stereocenters. The van der Waals surface area contributed by atoms with Crippen molar-refractivity contribution in [3.63, 3.8) is 0 Å². The third-order valence-corrected chi connectivity index (χ3v) is 5.66. The van der Waals surface area contributed by atoms with E-state index in [1.807, 2.05) is 13.8 Å². The maximum absolute atomic E-state index is 11.9. The third-order valence-electron chi connectivity index (χ3n) is 4.43. The maximum atomic E-state index is 11.9. The summed E-state index contributed by atoms with van der Waals surface area (Å²) in [5.74, 6) is 2.75. The fourth-order valence-electron chi connectivity index (χ4n) is 3.06. The first-order valence-electron chi connectivity index (χ1n) is 9.27. The van der Waals surface area contributed by atoms with E-state index in [0.717, 1.165) is 56.6 Å². The van der Waals surface area contributed by atoms with Gasteiger partial charge in [0.1, 0.15) is 0 Å². The summed E-state index contributed by atoms with van der Waals surface area (Å²) < 4.78 is 0. The molecule has 9 heteroatoms. The van der Waals surface area contributed by atoms with Gasteiger partial charge in [0, 0.05) is 44.5 Å². The van der Waals surface area contributed by atoms with Gasteiger partial charge in [-0.15, -0.1) is 24.0 Å². The van der Waals surface area contributed by atoms with Crippen LogP contribution in [0.25, 0.3) is 0 Å². The summed E-state index contributed by atoms with van der Waals surface area (Å²) in [5.41, 5.74) is -0.651. The maximum Gasteiger partial charge on any atom is 0.234 e. The van der Waals surface area contributed by atoms with Gasteiger partial charge in [-0.1, -0.05) is 0 Å². The molecule has 2 aliphatic rings. The molecular weight excluding hydrogens is 465 g/mol. The van der Waals surface area contributed by atoms with Gasteiger partial charge in [0.05, 0.1) is 18.7 Å². The van der Waals surface area contributed by atoms with Crippen LogP contribution in [0.1, 0.15) is 27.2 Å². The summed E-state index contributed by atoms with van der Waals surface area (Å²) in [5, 5.41) is 16.8. The molecule has 0 bridgehead atoms. The van der Waals surface area contributed by atoms with Crippen LogP contribution < -0.4 is 10.6 Å². The molecular formula is C17H34IN5O2S. The number of aliphatic imine (C=N–C) groups is 1. The summed E-state index contributed by atoms with van der Waals surface area (Å²) in [6.45, 7) is 11.1. The van der Waals surface area contributed by atoms with Crippen molar-refractivity contribution in [1.82, 2.24) is 20.4 Å². The van der Waals surface area contributed by atoms with Crippen LogP contribution in [0.15, 0.2) is 4.99 Å². The zero-order valence-electron chi connectivity index (χ0n) is 16.2. The number of piperazine rings is 1. The largest absolute Gasteiger partial charge is 0.387 e. The summed E-state index contributed by atoms with van der Waals surface area (Å²) >= 11 is 1.79. The third kappa shape index (κ3) is 7.77. The lowest BCUT2D eigenvalue weighted by Gasteiger charge is -2.36. The first kappa shape index (κ1) is 23.8. The minimum absolute atomic E-state index is 0. The van der Waals surface area contributed by atoms with E-state index < -0.39 is 5.60 Å². The van der Waals surface area contributed by atoms with Crippen LogP contribution in [-0.4, -0.2) is 95.7 Å². The van der Waals surface area contributed by atoms with Gasteiger partial charge < -0.3 is 20.6 Å². The van der Waals surface area contributed by atoms with Crippen LogP contribution in [0.3, 0.4) is 0 Å². The normalized spacial score (nSPS) is 24.5. The van der Waals surface area contributed by atoms with Crippen LogP contribution in [0.4, 0.5) is 0 Å². The number of rotatable bonds is 6. The highest BCUT2D eigenvalue weighted by Gasteiger charge is 2.32. The average molecular weight is 499 g/mol. The Balaban J connectivity index is 0.00000338. The van der Waals surface area contributed by atoms with E-state index in [9.17, 15) is 9.90 Å². The molecule has 0 aliphatic carbocycles. The van der Waals surface area contributed by atoms with Crippen LogP contribution >= 0.6 is 35.7 Å². The number of guanidine groups is 1. The van der Waals surface area contributed by atoms with E-state index in [1.54, 1.807) is 11.8 Å². The van der Waals surface area contributed by atoms with E-state index in [0.29, 0.717) is 13.1 Å². The zero-order chi connectivity index (χ0) is 18.3. The Morgan fingerprint density at radius 3 is 2.54 bits per heavy atom. The Morgan fingerprint density at radius 1 is 1.31 bits per heavy atom. The standard InChI is InChI=1S/C17H33N5O2S.HI/c1-4-18-16(19-12-17(24)5-10-25-13-17)22-8-6-21(7-9-22)11-15(23)20-14(2)3;/h14,24H,4-13H2,1-3H3,(H,18,19)(H,20,23);1H. The van der Waals surface area contributed by atoms with Gasteiger partial charge in [0.25, 0.3) is 0 Å². The molecule has 0 aromatic heterocycles. The lowest BCUT2D eigenvalue weighted by atomic mass is 10.0. The number of hydrogen-bond acceptors (Lipinski definition) is 5. The average Bonchev–Trinajstić information content (AvgIpc) is 2.98. The quantitative estimate of drug-likeness (QED) is 0.282. The zero-order valence-corrected chi connectivity index (χ0v) is 19.3. The van der Waals surface area contributed by atoms with Gasteiger partial charge in [0.15, 0.2) is 5.96 Å².